The summed E-state index contributed by atoms with van der Waals surface area (Å²) in [6.07, 6.45) is 3.21. The Labute approximate surface area is 142 Å². The molecule has 0 heterocycles. The minimum Gasteiger partial charge on any atom is -0.376 e. The number of rotatable bonds is 4. The maximum absolute atomic E-state index is 12.3. The van der Waals surface area contributed by atoms with Crippen molar-refractivity contribution in [3.8, 4) is 0 Å². The molecule has 4 heteroatoms. The van der Waals surface area contributed by atoms with Gasteiger partial charge in [-0.1, -0.05) is 41.9 Å². The highest BCUT2D eigenvalue weighted by Gasteiger charge is 2.21. The summed E-state index contributed by atoms with van der Waals surface area (Å²) in [5.41, 5.74) is 4.47. The van der Waals surface area contributed by atoms with E-state index in [0.717, 1.165) is 30.5 Å². The van der Waals surface area contributed by atoms with Gasteiger partial charge in [-0.15, -0.1) is 0 Å². The number of halogens is 1. The standard InChI is InChI=1S/C19H21ClN2O/c1-13-16(20)9-5-10-17(13)21-12-19(23)22-18-11-4-7-14-6-2-3-8-15(14)18/h2-3,5-6,8-10,18,21H,4,7,11-12H2,1H3,(H,22,23). The molecule has 0 radical (unpaired) electrons. The van der Waals surface area contributed by atoms with Gasteiger partial charge in [0.15, 0.2) is 0 Å². The molecule has 3 nitrogen and oxygen atoms in total. The Kier molecular flexibility index (Phi) is 4.87. The molecule has 0 fully saturated rings. The third-order valence-electron chi connectivity index (χ3n) is 4.41. The summed E-state index contributed by atoms with van der Waals surface area (Å²) >= 11 is 6.10. The van der Waals surface area contributed by atoms with E-state index in [9.17, 15) is 4.79 Å². The van der Waals surface area contributed by atoms with E-state index in [0.29, 0.717) is 5.02 Å². The summed E-state index contributed by atoms with van der Waals surface area (Å²) in [6.45, 7) is 2.19. The van der Waals surface area contributed by atoms with Crippen molar-refractivity contribution in [3.63, 3.8) is 0 Å². The number of nitrogens with one attached hydrogen (secondary N) is 2. The van der Waals surface area contributed by atoms with Gasteiger partial charge in [-0.05, 0) is 55.0 Å². The van der Waals surface area contributed by atoms with Crippen molar-refractivity contribution in [1.29, 1.82) is 0 Å². The molecule has 1 unspecified atom stereocenters. The molecule has 1 aliphatic rings. The van der Waals surface area contributed by atoms with Gasteiger partial charge in [-0.3, -0.25) is 4.79 Å². The zero-order valence-electron chi connectivity index (χ0n) is 13.2. The molecule has 2 aromatic carbocycles. The van der Waals surface area contributed by atoms with E-state index in [1.807, 2.05) is 31.2 Å². The van der Waals surface area contributed by atoms with Crippen molar-refractivity contribution in [2.45, 2.75) is 32.2 Å². The Bertz CT molecular complexity index is 714. The first-order chi connectivity index (χ1) is 11.1. The maximum atomic E-state index is 12.3. The summed E-state index contributed by atoms with van der Waals surface area (Å²) in [4.78, 5) is 12.3. The first kappa shape index (κ1) is 15.9. The molecule has 120 valence electrons. The summed E-state index contributed by atoms with van der Waals surface area (Å²) in [7, 11) is 0. The molecule has 0 saturated carbocycles. The molecular weight excluding hydrogens is 308 g/mol. The van der Waals surface area contributed by atoms with E-state index in [1.165, 1.54) is 11.1 Å². The number of hydrogen-bond donors (Lipinski definition) is 2. The van der Waals surface area contributed by atoms with Crippen molar-refractivity contribution in [1.82, 2.24) is 5.32 Å². The lowest BCUT2D eigenvalue weighted by Gasteiger charge is -2.26. The van der Waals surface area contributed by atoms with Crippen molar-refractivity contribution in [2.75, 3.05) is 11.9 Å². The topological polar surface area (TPSA) is 41.1 Å². The predicted octanol–water partition coefficient (Wildman–Crippen LogP) is 4.25. The minimum atomic E-state index is 0.00563. The summed E-state index contributed by atoms with van der Waals surface area (Å²) in [6, 6.07) is 14.2. The molecule has 0 saturated heterocycles. The van der Waals surface area contributed by atoms with Crippen molar-refractivity contribution in [2.24, 2.45) is 0 Å². The van der Waals surface area contributed by atoms with Crippen LogP contribution >= 0.6 is 11.6 Å². The molecule has 1 aliphatic carbocycles. The van der Waals surface area contributed by atoms with E-state index in [4.69, 9.17) is 11.6 Å². The number of carbonyl (C=O) groups excluding carboxylic acids is 1. The smallest absolute Gasteiger partial charge is 0.239 e. The van der Waals surface area contributed by atoms with Gasteiger partial charge < -0.3 is 10.6 Å². The van der Waals surface area contributed by atoms with Gasteiger partial charge in [0, 0.05) is 10.7 Å². The Hall–Kier alpha value is -2.00. The van der Waals surface area contributed by atoms with E-state index in [-0.39, 0.29) is 18.5 Å². The highest BCUT2D eigenvalue weighted by Crippen LogP contribution is 2.29. The third kappa shape index (κ3) is 3.67. The fraction of sp³-hybridized carbons (Fsp3) is 0.316. The third-order valence-corrected chi connectivity index (χ3v) is 4.82. The van der Waals surface area contributed by atoms with Gasteiger partial charge in [0.05, 0.1) is 12.6 Å². The van der Waals surface area contributed by atoms with Crippen LogP contribution in [0.5, 0.6) is 0 Å². The molecule has 2 aromatic rings. The number of amides is 1. The highest BCUT2D eigenvalue weighted by atomic mass is 35.5. The van der Waals surface area contributed by atoms with Crippen LogP contribution in [-0.4, -0.2) is 12.5 Å². The quantitative estimate of drug-likeness (QED) is 0.880. The average Bonchev–Trinajstić information content (AvgIpc) is 2.56. The van der Waals surface area contributed by atoms with Gasteiger partial charge in [-0.2, -0.15) is 0 Å². The lowest BCUT2D eigenvalue weighted by molar-refractivity contribution is -0.120. The van der Waals surface area contributed by atoms with E-state index in [1.54, 1.807) is 0 Å². The molecule has 1 amide bonds. The van der Waals surface area contributed by atoms with Crippen LogP contribution in [-0.2, 0) is 11.2 Å². The summed E-state index contributed by atoms with van der Waals surface area (Å²) in [5, 5.41) is 7.02. The van der Waals surface area contributed by atoms with Crippen LogP contribution in [0.3, 0.4) is 0 Å². The van der Waals surface area contributed by atoms with Crippen LogP contribution in [0.1, 0.15) is 35.6 Å². The molecule has 0 aliphatic heterocycles. The first-order valence-corrected chi connectivity index (χ1v) is 8.39. The number of anilines is 1. The Morgan fingerprint density at radius 1 is 1.22 bits per heavy atom. The van der Waals surface area contributed by atoms with E-state index in [2.05, 4.69) is 28.8 Å². The largest absolute Gasteiger partial charge is 0.376 e. The number of hydrogen-bond acceptors (Lipinski definition) is 2. The molecular formula is C19H21ClN2O. The van der Waals surface area contributed by atoms with Crippen LogP contribution in [0.15, 0.2) is 42.5 Å². The molecule has 0 bridgehead atoms. The molecule has 0 spiro atoms. The van der Waals surface area contributed by atoms with Crippen LogP contribution < -0.4 is 10.6 Å². The number of carbonyl (C=O) groups is 1. The van der Waals surface area contributed by atoms with Crippen molar-refractivity contribution < 1.29 is 4.79 Å². The first-order valence-electron chi connectivity index (χ1n) is 8.01. The molecule has 0 aromatic heterocycles. The molecule has 1 atom stereocenters. The zero-order chi connectivity index (χ0) is 16.2. The fourth-order valence-corrected chi connectivity index (χ4v) is 3.30. The van der Waals surface area contributed by atoms with Crippen molar-refractivity contribution in [3.05, 3.63) is 64.2 Å². The lowest BCUT2D eigenvalue weighted by Crippen LogP contribution is -2.35. The molecule has 2 N–H and O–H groups in total. The van der Waals surface area contributed by atoms with E-state index < -0.39 is 0 Å². The minimum absolute atomic E-state index is 0.00563. The second kappa shape index (κ2) is 7.05. The van der Waals surface area contributed by atoms with E-state index >= 15 is 0 Å². The monoisotopic (exact) mass is 328 g/mol. The molecule has 3 rings (SSSR count). The SMILES string of the molecule is Cc1c(Cl)cccc1NCC(=O)NC1CCCc2ccccc21. The second-order valence-electron chi connectivity index (χ2n) is 5.98. The number of aryl methyl sites for hydroxylation is 1. The number of benzene rings is 2. The summed E-state index contributed by atoms with van der Waals surface area (Å²) < 4.78 is 0. The Morgan fingerprint density at radius 2 is 2.04 bits per heavy atom. The normalized spacial score (nSPS) is 16.5. The van der Waals surface area contributed by atoms with Gasteiger partial charge in [0.2, 0.25) is 5.91 Å². The van der Waals surface area contributed by atoms with Crippen LogP contribution in [0.25, 0.3) is 0 Å². The van der Waals surface area contributed by atoms with Crippen molar-refractivity contribution >= 4 is 23.2 Å². The fourth-order valence-electron chi connectivity index (χ4n) is 3.12. The zero-order valence-corrected chi connectivity index (χ0v) is 14.0. The Balaban J connectivity index is 1.61. The maximum Gasteiger partial charge on any atom is 0.239 e. The number of fused-ring (bicyclic) bond motifs is 1. The predicted molar refractivity (Wildman–Crippen MR) is 94.9 cm³/mol. The van der Waals surface area contributed by atoms with Crippen LogP contribution in [0, 0.1) is 6.92 Å². The summed E-state index contributed by atoms with van der Waals surface area (Å²) in [5.74, 6) is 0.00563. The van der Waals surface area contributed by atoms with Crippen LogP contribution in [0.2, 0.25) is 5.02 Å². The second-order valence-corrected chi connectivity index (χ2v) is 6.38. The van der Waals surface area contributed by atoms with Gasteiger partial charge in [0.25, 0.3) is 0 Å². The lowest BCUT2D eigenvalue weighted by atomic mass is 9.88. The molecule has 23 heavy (non-hydrogen) atoms. The van der Waals surface area contributed by atoms with Gasteiger partial charge in [0.1, 0.15) is 0 Å². The Morgan fingerprint density at radius 3 is 2.91 bits per heavy atom. The van der Waals surface area contributed by atoms with Gasteiger partial charge in [-0.25, -0.2) is 0 Å². The van der Waals surface area contributed by atoms with Gasteiger partial charge >= 0.3 is 0 Å². The highest BCUT2D eigenvalue weighted by molar-refractivity contribution is 6.31. The average molecular weight is 329 g/mol. The van der Waals surface area contributed by atoms with Crippen LogP contribution in [0.4, 0.5) is 5.69 Å².